The fourth-order valence-corrected chi connectivity index (χ4v) is 5.01. The Hall–Kier alpha value is -2.99. The molecule has 1 saturated carbocycles. The van der Waals surface area contributed by atoms with Crippen molar-refractivity contribution in [2.24, 2.45) is 17.4 Å². The Morgan fingerprint density at radius 2 is 1.69 bits per heavy atom. The van der Waals surface area contributed by atoms with E-state index < -0.39 is 11.2 Å². The van der Waals surface area contributed by atoms with Gasteiger partial charge in [-0.05, 0) is 62.9 Å². The molecule has 0 bridgehead atoms. The summed E-state index contributed by atoms with van der Waals surface area (Å²) in [5.41, 5.74) is 12.3. The van der Waals surface area contributed by atoms with Crippen LogP contribution in [0.15, 0.2) is 41.3 Å². The molecule has 0 spiro atoms. The van der Waals surface area contributed by atoms with E-state index >= 15 is 0 Å². The normalized spacial score (nSPS) is 19.3. The van der Waals surface area contributed by atoms with Crippen LogP contribution in [0.25, 0.3) is 5.69 Å². The van der Waals surface area contributed by atoms with E-state index in [0.29, 0.717) is 43.8 Å². The molecule has 2 fully saturated rings. The van der Waals surface area contributed by atoms with E-state index in [4.69, 9.17) is 11.5 Å². The van der Waals surface area contributed by atoms with Gasteiger partial charge >= 0.3 is 11.7 Å². The average molecular weight is 561 g/mol. The van der Waals surface area contributed by atoms with Crippen LogP contribution in [0, 0.1) is 5.92 Å². The lowest BCUT2D eigenvalue weighted by Crippen LogP contribution is -2.58. The van der Waals surface area contributed by atoms with Gasteiger partial charge in [0.25, 0.3) is 0 Å². The molecule has 0 atom stereocenters. The number of urea groups is 1. The summed E-state index contributed by atoms with van der Waals surface area (Å²) in [5.74, 6) is 0.728. The Morgan fingerprint density at radius 3 is 2.23 bits per heavy atom. The van der Waals surface area contributed by atoms with Crippen molar-refractivity contribution in [2.75, 3.05) is 44.6 Å². The minimum absolute atomic E-state index is 0. The monoisotopic (exact) mass is 560 g/mol. The van der Waals surface area contributed by atoms with Crippen LogP contribution in [0.2, 0.25) is 0 Å². The number of anilines is 1. The van der Waals surface area contributed by atoms with Crippen molar-refractivity contribution in [1.82, 2.24) is 24.3 Å². The molecule has 2 aromatic rings. The maximum Gasteiger partial charge on any atom is 0.354 e. The minimum Gasteiger partial charge on any atom is -0.338 e. The van der Waals surface area contributed by atoms with Crippen LogP contribution >= 0.6 is 12.4 Å². The molecule has 1 aromatic carbocycles. The first-order valence-electron chi connectivity index (χ1n) is 13.3. The van der Waals surface area contributed by atoms with Gasteiger partial charge in [-0.2, -0.15) is 4.98 Å². The third-order valence-electron chi connectivity index (χ3n) is 7.30. The first kappa shape index (κ1) is 30.6. The van der Waals surface area contributed by atoms with Crippen LogP contribution in [-0.2, 0) is 11.3 Å². The molecule has 1 saturated heterocycles. The summed E-state index contributed by atoms with van der Waals surface area (Å²) in [7, 11) is 0. The molecule has 39 heavy (non-hydrogen) atoms. The highest BCUT2D eigenvalue weighted by Crippen LogP contribution is 2.27. The first-order chi connectivity index (χ1) is 18.0. The number of aromatic nitrogens is 2. The fourth-order valence-electron chi connectivity index (χ4n) is 5.01. The number of nitrogens with two attached hydrogens (primary N) is 2. The number of halogens is 1. The highest BCUT2D eigenvalue weighted by Gasteiger charge is 2.31. The number of amides is 3. The topological polar surface area (TPSA) is 143 Å². The van der Waals surface area contributed by atoms with E-state index in [9.17, 15) is 14.4 Å². The van der Waals surface area contributed by atoms with E-state index in [0.717, 1.165) is 32.5 Å². The summed E-state index contributed by atoms with van der Waals surface area (Å²) >= 11 is 0. The van der Waals surface area contributed by atoms with Crippen LogP contribution in [-0.4, -0.2) is 87.0 Å². The highest BCUT2D eigenvalue weighted by molar-refractivity contribution is 5.89. The van der Waals surface area contributed by atoms with Gasteiger partial charge in [0.2, 0.25) is 5.91 Å². The maximum absolute atomic E-state index is 12.7. The molecular formula is C27H41ClN8O3. The third-order valence-corrected chi connectivity index (χ3v) is 7.30. The van der Waals surface area contributed by atoms with Crippen LogP contribution in [0.3, 0.4) is 0 Å². The maximum atomic E-state index is 12.7. The standard InChI is InChI=1S/C27H40N8O3.ClH/c1-4-32(18-20-15-21(28)16-20)17-19-5-7-22(8-6-19)35-10-9-23(31-26(35)38)30-25(37)34-13-11-33(12-14-34)24(36)27(2,3)29;/h5-10,20-21H,4,11-18,28-29H2,1-3H3,(H,30,31,37,38);1H. The smallest absolute Gasteiger partial charge is 0.338 e. The number of rotatable bonds is 8. The summed E-state index contributed by atoms with van der Waals surface area (Å²) in [6, 6.07) is 9.49. The molecule has 2 heterocycles. The molecule has 11 nitrogen and oxygen atoms in total. The van der Waals surface area contributed by atoms with Gasteiger partial charge in [-0.3, -0.25) is 19.6 Å². The van der Waals surface area contributed by atoms with Crippen molar-refractivity contribution in [1.29, 1.82) is 0 Å². The van der Waals surface area contributed by atoms with Crippen molar-refractivity contribution < 1.29 is 9.59 Å². The Balaban J connectivity index is 0.00000420. The van der Waals surface area contributed by atoms with Gasteiger partial charge in [-0.15, -0.1) is 12.4 Å². The van der Waals surface area contributed by atoms with E-state index in [1.807, 2.05) is 24.3 Å². The van der Waals surface area contributed by atoms with E-state index in [1.54, 1.807) is 35.9 Å². The molecule has 214 valence electrons. The van der Waals surface area contributed by atoms with Gasteiger partial charge in [0, 0.05) is 51.5 Å². The lowest BCUT2D eigenvalue weighted by Gasteiger charge is -2.37. The van der Waals surface area contributed by atoms with Crippen molar-refractivity contribution in [3.05, 3.63) is 52.6 Å². The number of benzene rings is 1. The molecule has 5 N–H and O–H groups in total. The summed E-state index contributed by atoms with van der Waals surface area (Å²) in [6.07, 6.45) is 3.82. The van der Waals surface area contributed by atoms with Crippen LogP contribution in [0.5, 0.6) is 0 Å². The van der Waals surface area contributed by atoms with E-state index in [-0.39, 0.29) is 30.2 Å². The van der Waals surface area contributed by atoms with Gasteiger partial charge in [0.05, 0.1) is 11.2 Å². The largest absolute Gasteiger partial charge is 0.354 e. The quantitative estimate of drug-likeness (QED) is 0.445. The zero-order valence-corrected chi connectivity index (χ0v) is 23.8. The summed E-state index contributed by atoms with van der Waals surface area (Å²) < 4.78 is 1.45. The van der Waals surface area contributed by atoms with Crippen LogP contribution < -0.4 is 22.5 Å². The van der Waals surface area contributed by atoms with Gasteiger partial charge in [-0.25, -0.2) is 9.59 Å². The fraction of sp³-hybridized carbons (Fsp3) is 0.556. The van der Waals surface area contributed by atoms with Gasteiger partial charge in [0.15, 0.2) is 0 Å². The van der Waals surface area contributed by atoms with Crippen molar-refractivity contribution >= 4 is 30.2 Å². The Labute approximate surface area is 235 Å². The average Bonchev–Trinajstić information content (AvgIpc) is 2.87. The SMILES string of the molecule is CCN(Cc1ccc(-n2ccc(NC(=O)N3CCN(C(=O)C(C)(C)N)CC3)nc2=O)cc1)CC1CC(N)C1.Cl. The third kappa shape index (κ3) is 7.78. The second-order valence-electron chi connectivity index (χ2n) is 11.0. The van der Waals surface area contributed by atoms with Crippen molar-refractivity contribution in [3.8, 4) is 5.69 Å². The van der Waals surface area contributed by atoms with Gasteiger partial charge in [0.1, 0.15) is 5.82 Å². The summed E-state index contributed by atoms with van der Waals surface area (Å²) in [5, 5.41) is 2.69. The van der Waals surface area contributed by atoms with Gasteiger partial charge in [-0.1, -0.05) is 19.1 Å². The number of piperazine rings is 1. The first-order valence-corrected chi connectivity index (χ1v) is 13.3. The van der Waals surface area contributed by atoms with Crippen molar-refractivity contribution in [3.63, 3.8) is 0 Å². The summed E-state index contributed by atoms with van der Waals surface area (Å²) in [4.78, 5) is 47.5. The molecule has 12 heteroatoms. The molecule has 4 rings (SSSR count). The molecule has 2 aliphatic rings. The number of carbonyl (C=O) groups excluding carboxylic acids is 2. The number of hydrogen-bond acceptors (Lipinski definition) is 7. The lowest BCUT2D eigenvalue weighted by atomic mass is 9.80. The minimum atomic E-state index is -0.945. The second-order valence-corrected chi connectivity index (χ2v) is 11.0. The molecule has 1 aliphatic heterocycles. The predicted molar refractivity (Wildman–Crippen MR) is 154 cm³/mol. The molecular weight excluding hydrogens is 520 g/mol. The molecule has 0 radical (unpaired) electrons. The lowest BCUT2D eigenvalue weighted by molar-refractivity contribution is -0.137. The summed E-state index contributed by atoms with van der Waals surface area (Å²) in [6.45, 7) is 9.96. The molecule has 1 aromatic heterocycles. The number of nitrogens with zero attached hydrogens (tertiary/aromatic N) is 5. The van der Waals surface area contributed by atoms with Crippen LogP contribution in [0.1, 0.15) is 39.2 Å². The van der Waals surface area contributed by atoms with E-state index in [1.165, 1.54) is 10.1 Å². The van der Waals surface area contributed by atoms with Crippen molar-refractivity contribution in [2.45, 2.75) is 51.7 Å². The molecule has 1 aliphatic carbocycles. The molecule has 3 amide bonds. The Morgan fingerprint density at radius 1 is 1.08 bits per heavy atom. The number of nitrogens with one attached hydrogen (secondary N) is 1. The zero-order valence-electron chi connectivity index (χ0n) is 23.0. The predicted octanol–water partition coefficient (Wildman–Crippen LogP) is 1.63. The second kappa shape index (κ2) is 12.9. The zero-order chi connectivity index (χ0) is 27.4. The number of hydrogen-bond donors (Lipinski definition) is 3. The van der Waals surface area contributed by atoms with Crippen LogP contribution in [0.4, 0.5) is 10.6 Å². The molecule has 0 unspecified atom stereocenters. The Bertz CT molecular complexity index is 1180. The number of carbonyl (C=O) groups is 2. The van der Waals surface area contributed by atoms with E-state index in [2.05, 4.69) is 22.1 Å². The highest BCUT2D eigenvalue weighted by atomic mass is 35.5. The Kier molecular flexibility index (Phi) is 10.1. The van der Waals surface area contributed by atoms with Gasteiger partial charge < -0.3 is 21.3 Å².